The van der Waals surface area contributed by atoms with Crippen molar-refractivity contribution in [3.8, 4) is 11.3 Å². The highest BCUT2D eigenvalue weighted by Gasteiger charge is 2.05. The quantitative estimate of drug-likeness (QED) is 0.739. The molecule has 2 rings (SSSR count). The van der Waals surface area contributed by atoms with E-state index in [-0.39, 0.29) is 0 Å². The Morgan fingerprint density at radius 3 is 2.85 bits per heavy atom. The summed E-state index contributed by atoms with van der Waals surface area (Å²) in [5.41, 5.74) is 3.03. The molecule has 1 aromatic heterocycles. The molecule has 0 fully saturated rings. The van der Waals surface area contributed by atoms with Gasteiger partial charge < -0.3 is 0 Å². The molecule has 1 N–H and O–H groups in total. The number of hydrogen-bond acceptors (Lipinski definition) is 1. The van der Waals surface area contributed by atoms with E-state index in [1.54, 1.807) is 6.20 Å². The first-order chi connectivity index (χ1) is 6.29. The fourth-order valence-electron chi connectivity index (χ4n) is 1.26. The molecule has 0 aliphatic heterocycles. The molecule has 0 aliphatic carbocycles. The Morgan fingerprint density at radius 1 is 1.31 bits per heavy atom. The molecule has 2 aromatic rings. The summed E-state index contributed by atoms with van der Waals surface area (Å²) in [7, 11) is 0. The van der Waals surface area contributed by atoms with Crippen LogP contribution in [-0.4, -0.2) is 10.2 Å². The van der Waals surface area contributed by atoms with Crippen LogP contribution in [0.25, 0.3) is 11.3 Å². The highest BCUT2D eigenvalue weighted by atomic mass is 35.5. The lowest BCUT2D eigenvalue weighted by Crippen LogP contribution is -1.82. The normalized spacial score (nSPS) is 10.3. The number of rotatable bonds is 1. The summed E-state index contributed by atoms with van der Waals surface area (Å²) in [6.07, 6.45) is 1.72. The summed E-state index contributed by atoms with van der Waals surface area (Å²) >= 11 is 6.14. The Balaban J connectivity index is 2.59. The van der Waals surface area contributed by atoms with Crippen molar-refractivity contribution in [2.45, 2.75) is 6.92 Å². The minimum atomic E-state index is 0.784. The minimum absolute atomic E-state index is 0.784. The lowest BCUT2D eigenvalue weighted by Gasteiger charge is -2.03. The fourth-order valence-corrected chi connectivity index (χ4v) is 1.49. The predicted octanol–water partition coefficient (Wildman–Crippen LogP) is 3.04. The SMILES string of the molecule is Cc1cccc(-c2ccn[nH]2)c1Cl. The highest BCUT2D eigenvalue weighted by Crippen LogP contribution is 2.28. The number of aromatic amines is 1. The molecule has 0 radical (unpaired) electrons. The maximum Gasteiger partial charge on any atom is 0.0665 e. The van der Waals surface area contributed by atoms with Crippen molar-refractivity contribution in [3.63, 3.8) is 0 Å². The van der Waals surface area contributed by atoms with Crippen LogP contribution >= 0.6 is 11.6 Å². The molecule has 0 atom stereocenters. The zero-order valence-corrected chi connectivity index (χ0v) is 7.97. The van der Waals surface area contributed by atoms with E-state index in [9.17, 15) is 0 Å². The summed E-state index contributed by atoms with van der Waals surface area (Å²) in [5.74, 6) is 0. The maximum atomic E-state index is 6.14. The van der Waals surface area contributed by atoms with E-state index < -0.39 is 0 Å². The van der Waals surface area contributed by atoms with Crippen LogP contribution in [0, 0.1) is 6.92 Å². The topological polar surface area (TPSA) is 28.7 Å². The number of hydrogen-bond donors (Lipinski definition) is 1. The van der Waals surface area contributed by atoms with E-state index in [1.165, 1.54) is 0 Å². The summed E-state index contributed by atoms with van der Waals surface area (Å²) in [4.78, 5) is 0. The number of nitrogens with one attached hydrogen (secondary N) is 1. The average Bonchev–Trinajstić information content (AvgIpc) is 2.62. The molecule has 0 unspecified atom stereocenters. The van der Waals surface area contributed by atoms with Crippen molar-refractivity contribution >= 4 is 11.6 Å². The molecule has 1 heterocycles. The number of H-pyrrole nitrogens is 1. The van der Waals surface area contributed by atoms with Crippen molar-refractivity contribution < 1.29 is 0 Å². The van der Waals surface area contributed by atoms with Gasteiger partial charge in [0.15, 0.2) is 0 Å². The molecular weight excluding hydrogens is 184 g/mol. The van der Waals surface area contributed by atoms with Crippen molar-refractivity contribution in [1.29, 1.82) is 0 Å². The monoisotopic (exact) mass is 192 g/mol. The van der Waals surface area contributed by atoms with E-state index >= 15 is 0 Å². The Morgan fingerprint density at radius 2 is 2.15 bits per heavy atom. The minimum Gasteiger partial charge on any atom is -0.278 e. The summed E-state index contributed by atoms with van der Waals surface area (Å²) < 4.78 is 0. The smallest absolute Gasteiger partial charge is 0.0665 e. The van der Waals surface area contributed by atoms with Crippen LogP contribution in [-0.2, 0) is 0 Å². The van der Waals surface area contributed by atoms with Crippen LogP contribution in [0.2, 0.25) is 5.02 Å². The van der Waals surface area contributed by atoms with Gasteiger partial charge in [-0.25, -0.2) is 0 Å². The zero-order chi connectivity index (χ0) is 9.26. The van der Waals surface area contributed by atoms with Gasteiger partial charge in [0.25, 0.3) is 0 Å². The number of benzene rings is 1. The zero-order valence-electron chi connectivity index (χ0n) is 7.21. The molecule has 0 bridgehead atoms. The molecule has 1 aromatic carbocycles. The molecule has 0 spiro atoms. The van der Waals surface area contributed by atoms with Gasteiger partial charge in [-0.1, -0.05) is 29.8 Å². The van der Waals surface area contributed by atoms with Gasteiger partial charge in [-0.3, -0.25) is 5.10 Å². The Kier molecular flexibility index (Phi) is 2.07. The lowest BCUT2D eigenvalue weighted by atomic mass is 10.1. The van der Waals surface area contributed by atoms with Crippen LogP contribution in [0.15, 0.2) is 30.5 Å². The second-order valence-electron chi connectivity index (χ2n) is 2.91. The van der Waals surface area contributed by atoms with Gasteiger partial charge in [0.1, 0.15) is 0 Å². The molecule has 0 amide bonds. The van der Waals surface area contributed by atoms with Gasteiger partial charge in [-0.15, -0.1) is 0 Å². The number of halogens is 1. The van der Waals surface area contributed by atoms with E-state index in [0.29, 0.717) is 0 Å². The van der Waals surface area contributed by atoms with Crippen LogP contribution in [0.4, 0.5) is 0 Å². The predicted molar refractivity (Wildman–Crippen MR) is 53.8 cm³/mol. The number of aryl methyl sites for hydroxylation is 1. The van der Waals surface area contributed by atoms with Crippen molar-refractivity contribution in [2.24, 2.45) is 0 Å². The molecule has 0 saturated carbocycles. The highest BCUT2D eigenvalue weighted by molar-refractivity contribution is 6.34. The Hall–Kier alpha value is -1.28. The Labute approximate surface area is 81.6 Å². The summed E-state index contributed by atoms with van der Waals surface area (Å²) in [6, 6.07) is 7.85. The fraction of sp³-hybridized carbons (Fsp3) is 0.100. The van der Waals surface area contributed by atoms with Crippen LogP contribution in [0.5, 0.6) is 0 Å². The molecular formula is C10H9ClN2. The number of aromatic nitrogens is 2. The second-order valence-corrected chi connectivity index (χ2v) is 3.28. The third-order valence-corrected chi connectivity index (χ3v) is 2.48. The van der Waals surface area contributed by atoms with Gasteiger partial charge in [0.05, 0.1) is 10.7 Å². The standard InChI is InChI=1S/C10H9ClN2/c1-7-3-2-4-8(10(7)11)9-5-6-12-13-9/h2-6H,1H3,(H,12,13). The van der Waals surface area contributed by atoms with E-state index in [1.807, 2.05) is 31.2 Å². The van der Waals surface area contributed by atoms with Crippen molar-refractivity contribution in [1.82, 2.24) is 10.2 Å². The van der Waals surface area contributed by atoms with Gasteiger partial charge >= 0.3 is 0 Å². The van der Waals surface area contributed by atoms with Crippen molar-refractivity contribution in [3.05, 3.63) is 41.0 Å². The third-order valence-electron chi connectivity index (χ3n) is 1.98. The van der Waals surface area contributed by atoms with E-state index in [4.69, 9.17) is 11.6 Å². The first-order valence-corrected chi connectivity index (χ1v) is 4.41. The summed E-state index contributed by atoms with van der Waals surface area (Å²) in [5, 5.41) is 7.56. The molecule has 13 heavy (non-hydrogen) atoms. The third kappa shape index (κ3) is 1.45. The van der Waals surface area contributed by atoms with Crippen LogP contribution in [0.1, 0.15) is 5.56 Å². The molecule has 2 nitrogen and oxygen atoms in total. The largest absolute Gasteiger partial charge is 0.278 e. The maximum absolute atomic E-state index is 6.14. The lowest BCUT2D eigenvalue weighted by molar-refractivity contribution is 1.09. The van der Waals surface area contributed by atoms with E-state index in [2.05, 4.69) is 10.2 Å². The van der Waals surface area contributed by atoms with Crippen molar-refractivity contribution in [2.75, 3.05) is 0 Å². The first kappa shape index (κ1) is 8.32. The van der Waals surface area contributed by atoms with Gasteiger partial charge in [0.2, 0.25) is 0 Å². The molecule has 0 aliphatic rings. The van der Waals surface area contributed by atoms with E-state index in [0.717, 1.165) is 21.8 Å². The molecule has 3 heteroatoms. The average molecular weight is 193 g/mol. The number of nitrogens with zero attached hydrogens (tertiary/aromatic N) is 1. The Bertz CT molecular complexity index is 407. The van der Waals surface area contributed by atoms with Crippen LogP contribution < -0.4 is 0 Å². The second kappa shape index (κ2) is 3.23. The molecule has 0 saturated heterocycles. The first-order valence-electron chi connectivity index (χ1n) is 4.04. The van der Waals surface area contributed by atoms with Gasteiger partial charge in [0, 0.05) is 11.8 Å². The van der Waals surface area contributed by atoms with Gasteiger partial charge in [-0.05, 0) is 18.6 Å². The van der Waals surface area contributed by atoms with Crippen LogP contribution in [0.3, 0.4) is 0 Å². The van der Waals surface area contributed by atoms with Gasteiger partial charge in [-0.2, -0.15) is 5.10 Å². The molecule has 66 valence electrons. The summed E-state index contributed by atoms with van der Waals surface area (Å²) in [6.45, 7) is 1.99.